The molecule has 0 bridgehead atoms. The zero-order chi connectivity index (χ0) is 26.1. The van der Waals surface area contributed by atoms with Gasteiger partial charge in [0.1, 0.15) is 17.4 Å². The van der Waals surface area contributed by atoms with Crippen LogP contribution in [-0.2, 0) is 4.79 Å². The first-order chi connectivity index (χ1) is 16.8. The molecule has 0 aliphatic carbocycles. The molecule has 1 aromatic heterocycles. The Morgan fingerprint density at radius 3 is 1.63 bits per heavy atom. The Kier molecular flexibility index (Phi) is 17.1. The average molecular weight is 526 g/mol. The second-order valence-corrected chi connectivity index (χ2v) is 9.78. The van der Waals surface area contributed by atoms with Gasteiger partial charge in [0, 0.05) is 6.54 Å². The number of hydrogen-bond donors (Lipinski definition) is 1. The van der Waals surface area contributed by atoms with E-state index in [1.165, 1.54) is 90.4 Å². The zero-order valence-electron chi connectivity index (χ0n) is 21.4. The SMILES string of the molecule is CCCCCCCCCCCCCCCCCCNC(=O)C(C)n1nc(C(F)F)c(Cl)c1C(F)F. The fourth-order valence-electron chi connectivity index (χ4n) is 4.22. The summed E-state index contributed by atoms with van der Waals surface area (Å²) in [5.41, 5.74) is -1.79. The van der Waals surface area contributed by atoms with Gasteiger partial charge in [-0.3, -0.25) is 4.79 Å². The van der Waals surface area contributed by atoms with Crippen LogP contribution in [0, 0.1) is 0 Å². The Morgan fingerprint density at radius 2 is 1.23 bits per heavy atom. The van der Waals surface area contributed by atoms with Crippen molar-refractivity contribution in [3.05, 3.63) is 16.4 Å². The first-order valence-electron chi connectivity index (χ1n) is 13.4. The van der Waals surface area contributed by atoms with Gasteiger partial charge in [-0.2, -0.15) is 5.10 Å². The van der Waals surface area contributed by atoms with Crippen molar-refractivity contribution in [2.24, 2.45) is 0 Å². The van der Waals surface area contributed by atoms with Crippen LogP contribution >= 0.6 is 11.6 Å². The minimum atomic E-state index is -3.11. The molecule has 4 nitrogen and oxygen atoms in total. The number of nitrogens with one attached hydrogen (secondary N) is 1. The number of carbonyl (C=O) groups is 1. The van der Waals surface area contributed by atoms with Crippen LogP contribution in [0.1, 0.15) is 147 Å². The lowest BCUT2D eigenvalue weighted by molar-refractivity contribution is -0.124. The second-order valence-electron chi connectivity index (χ2n) is 9.40. The summed E-state index contributed by atoms with van der Waals surface area (Å²) in [5, 5.41) is 5.37. The quantitative estimate of drug-likeness (QED) is 0.128. The van der Waals surface area contributed by atoms with Crippen LogP contribution < -0.4 is 5.32 Å². The highest BCUT2D eigenvalue weighted by Gasteiger charge is 2.31. The van der Waals surface area contributed by atoms with Gasteiger partial charge in [0.15, 0.2) is 0 Å². The fraction of sp³-hybridized carbons (Fsp3) is 0.846. The summed E-state index contributed by atoms with van der Waals surface area (Å²) < 4.78 is 53.1. The molecule has 1 heterocycles. The van der Waals surface area contributed by atoms with E-state index >= 15 is 0 Å². The number of nitrogens with zero attached hydrogens (tertiary/aromatic N) is 2. The van der Waals surface area contributed by atoms with Crippen LogP contribution in [0.25, 0.3) is 0 Å². The van der Waals surface area contributed by atoms with E-state index < -0.39 is 41.2 Å². The van der Waals surface area contributed by atoms with Gasteiger partial charge in [0.2, 0.25) is 5.91 Å². The molecule has 0 aliphatic heterocycles. The number of aromatic nitrogens is 2. The lowest BCUT2D eigenvalue weighted by atomic mass is 10.0. The largest absolute Gasteiger partial charge is 0.354 e. The molecule has 0 saturated heterocycles. The van der Waals surface area contributed by atoms with Gasteiger partial charge >= 0.3 is 0 Å². The highest BCUT2D eigenvalue weighted by molar-refractivity contribution is 6.32. The van der Waals surface area contributed by atoms with Crippen molar-refractivity contribution in [2.45, 2.75) is 135 Å². The number of halogens is 5. The zero-order valence-corrected chi connectivity index (χ0v) is 22.2. The number of hydrogen-bond acceptors (Lipinski definition) is 2. The molecule has 1 atom stereocenters. The monoisotopic (exact) mass is 525 g/mol. The molecule has 0 aromatic carbocycles. The number of amides is 1. The third kappa shape index (κ3) is 12.5. The van der Waals surface area contributed by atoms with Gasteiger partial charge in [-0.05, 0) is 13.3 Å². The standard InChI is InChI=1S/C26H44ClF4N3O/c1-3-4-5-6-7-8-9-10-11-12-13-14-15-16-17-18-19-32-26(35)20(2)34-23(25(30)31)21(27)22(33-34)24(28)29/h20,24-25H,3-19H2,1-2H3,(H,32,35). The molecule has 204 valence electrons. The fourth-order valence-corrected chi connectivity index (χ4v) is 4.51. The van der Waals surface area contributed by atoms with Crippen molar-refractivity contribution in [1.29, 1.82) is 0 Å². The first kappa shape index (κ1) is 31.7. The first-order valence-corrected chi connectivity index (χ1v) is 13.8. The van der Waals surface area contributed by atoms with Crippen molar-refractivity contribution in [3.8, 4) is 0 Å². The van der Waals surface area contributed by atoms with Gasteiger partial charge in [0.25, 0.3) is 12.9 Å². The molecule has 1 amide bonds. The van der Waals surface area contributed by atoms with Crippen molar-refractivity contribution in [1.82, 2.24) is 15.1 Å². The smallest absolute Gasteiger partial charge is 0.283 e. The predicted octanol–water partition coefficient (Wildman–Crippen LogP) is 9.35. The van der Waals surface area contributed by atoms with E-state index in [0.29, 0.717) is 11.2 Å². The molecule has 1 N–H and O–H groups in total. The van der Waals surface area contributed by atoms with E-state index in [0.717, 1.165) is 19.3 Å². The maximum absolute atomic E-state index is 13.3. The van der Waals surface area contributed by atoms with E-state index in [1.54, 1.807) is 0 Å². The van der Waals surface area contributed by atoms with Crippen molar-refractivity contribution in [2.75, 3.05) is 6.54 Å². The summed E-state index contributed by atoms with van der Waals surface area (Å²) in [6.07, 6.45) is 13.8. The van der Waals surface area contributed by atoms with Crippen molar-refractivity contribution < 1.29 is 22.4 Å². The highest BCUT2D eigenvalue weighted by Crippen LogP contribution is 2.36. The van der Waals surface area contributed by atoms with E-state index in [2.05, 4.69) is 17.3 Å². The van der Waals surface area contributed by atoms with E-state index in [4.69, 9.17) is 11.6 Å². The van der Waals surface area contributed by atoms with Gasteiger partial charge in [-0.15, -0.1) is 0 Å². The van der Waals surface area contributed by atoms with Gasteiger partial charge in [-0.25, -0.2) is 22.2 Å². The Bertz CT molecular complexity index is 700. The molecular formula is C26H44ClF4N3O. The predicted molar refractivity (Wildman–Crippen MR) is 134 cm³/mol. The number of rotatable bonds is 21. The normalized spacial score (nSPS) is 12.6. The van der Waals surface area contributed by atoms with Gasteiger partial charge in [0.05, 0.1) is 5.02 Å². The third-order valence-electron chi connectivity index (χ3n) is 6.40. The van der Waals surface area contributed by atoms with Crippen LogP contribution in [-0.4, -0.2) is 22.2 Å². The van der Waals surface area contributed by atoms with E-state index in [-0.39, 0.29) is 0 Å². The summed E-state index contributed by atoms with van der Waals surface area (Å²) >= 11 is 5.65. The molecule has 1 rings (SSSR count). The number of unbranched alkanes of at least 4 members (excludes halogenated alkanes) is 15. The summed E-state index contributed by atoms with van der Waals surface area (Å²) in [4.78, 5) is 12.3. The molecule has 0 radical (unpaired) electrons. The van der Waals surface area contributed by atoms with Crippen LogP contribution in [0.4, 0.5) is 17.6 Å². The lowest BCUT2D eigenvalue weighted by Gasteiger charge is -2.15. The molecule has 9 heteroatoms. The maximum atomic E-state index is 13.3. The minimum absolute atomic E-state index is 0.405. The molecule has 0 fully saturated rings. The van der Waals surface area contributed by atoms with E-state index in [1.807, 2.05) is 0 Å². The van der Waals surface area contributed by atoms with Gasteiger partial charge < -0.3 is 5.32 Å². The Hall–Kier alpha value is -1.31. The summed E-state index contributed by atoms with van der Waals surface area (Å²) in [6.45, 7) is 3.99. The summed E-state index contributed by atoms with van der Waals surface area (Å²) in [5.74, 6) is -0.548. The van der Waals surface area contributed by atoms with E-state index in [9.17, 15) is 22.4 Å². The highest BCUT2D eigenvalue weighted by atomic mass is 35.5. The van der Waals surface area contributed by atoms with Crippen LogP contribution in [0.2, 0.25) is 5.02 Å². The molecule has 0 aliphatic rings. The Labute approximate surface area is 213 Å². The second kappa shape index (κ2) is 18.9. The van der Waals surface area contributed by atoms with Crippen LogP contribution in [0.3, 0.4) is 0 Å². The molecular weight excluding hydrogens is 482 g/mol. The summed E-state index contributed by atoms with van der Waals surface area (Å²) in [6, 6.07) is -1.16. The van der Waals surface area contributed by atoms with Gasteiger partial charge in [-0.1, -0.05) is 115 Å². The molecule has 0 saturated carbocycles. The Balaban J connectivity index is 2.09. The molecule has 0 spiro atoms. The molecule has 1 aromatic rings. The third-order valence-corrected chi connectivity index (χ3v) is 6.79. The molecule has 35 heavy (non-hydrogen) atoms. The molecule has 1 unspecified atom stereocenters. The van der Waals surface area contributed by atoms with Crippen molar-refractivity contribution >= 4 is 17.5 Å². The van der Waals surface area contributed by atoms with Crippen LogP contribution in [0.5, 0.6) is 0 Å². The topological polar surface area (TPSA) is 46.9 Å². The number of carbonyl (C=O) groups excluding carboxylic acids is 1. The van der Waals surface area contributed by atoms with Crippen molar-refractivity contribution in [3.63, 3.8) is 0 Å². The van der Waals surface area contributed by atoms with Crippen LogP contribution in [0.15, 0.2) is 0 Å². The number of alkyl halides is 4. The lowest BCUT2D eigenvalue weighted by Crippen LogP contribution is -2.33. The Morgan fingerprint density at radius 1 is 0.800 bits per heavy atom. The average Bonchev–Trinajstić information content (AvgIpc) is 3.18. The summed E-state index contributed by atoms with van der Waals surface area (Å²) in [7, 11) is 0. The maximum Gasteiger partial charge on any atom is 0.283 e. The minimum Gasteiger partial charge on any atom is -0.354 e.